The van der Waals surface area contributed by atoms with Crippen LogP contribution in [0.4, 0.5) is 0 Å². The van der Waals surface area contributed by atoms with Crippen LogP contribution in [0.3, 0.4) is 0 Å². The smallest absolute Gasteiger partial charge is 0.0624 e. The fourth-order valence-electron chi connectivity index (χ4n) is 3.88. The summed E-state index contributed by atoms with van der Waals surface area (Å²) in [6.45, 7) is 6.93. The van der Waals surface area contributed by atoms with Crippen LogP contribution in [0.2, 0.25) is 0 Å². The van der Waals surface area contributed by atoms with Crippen molar-refractivity contribution in [3.05, 3.63) is 17.5 Å². The third-order valence-electron chi connectivity index (χ3n) is 5.52. The van der Waals surface area contributed by atoms with Crippen molar-refractivity contribution in [1.29, 1.82) is 0 Å². The maximum absolute atomic E-state index is 4.59. The van der Waals surface area contributed by atoms with Crippen LogP contribution < -0.4 is 5.32 Å². The minimum atomic E-state index is 0.596. The van der Waals surface area contributed by atoms with Gasteiger partial charge in [-0.15, -0.1) is 0 Å². The quantitative estimate of drug-likeness (QED) is 0.868. The Labute approximate surface area is 130 Å². The van der Waals surface area contributed by atoms with E-state index >= 15 is 0 Å². The highest BCUT2D eigenvalue weighted by atomic mass is 15.3. The number of rotatable bonds is 6. The van der Waals surface area contributed by atoms with E-state index in [2.05, 4.69) is 56.0 Å². The molecule has 1 N–H and O–H groups in total. The zero-order valence-corrected chi connectivity index (χ0v) is 14.5. The summed E-state index contributed by atoms with van der Waals surface area (Å²) in [7, 11) is 4.20. The summed E-state index contributed by atoms with van der Waals surface area (Å²) in [5.41, 5.74) is 2.59. The number of hydrogen-bond donors (Lipinski definition) is 1. The second-order valence-corrected chi connectivity index (χ2v) is 7.12. The van der Waals surface area contributed by atoms with E-state index in [0.29, 0.717) is 6.04 Å². The Bertz CT molecular complexity index is 428. The average Bonchev–Trinajstić information content (AvgIpc) is 2.85. The van der Waals surface area contributed by atoms with E-state index in [-0.39, 0.29) is 0 Å². The Kier molecular flexibility index (Phi) is 5.86. The van der Waals surface area contributed by atoms with Crippen LogP contribution in [0.25, 0.3) is 0 Å². The molecule has 1 fully saturated rings. The van der Waals surface area contributed by atoms with Gasteiger partial charge in [0.25, 0.3) is 0 Å². The van der Waals surface area contributed by atoms with Crippen LogP contribution in [0.1, 0.15) is 57.8 Å². The summed E-state index contributed by atoms with van der Waals surface area (Å²) in [4.78, 5) is 0. The molecule has 1 aliphatic rings. The molecule has 0 aliphatic heterocycles. The second kappa shape index (κ2) is 7.44. The monoisotopic (exact) mass is 291 g/mol. The maximum Gasteiger partial charge on any atom is 0.0624 e. The first-order valence-corrected chi connectivity index (χ1v) is 8.74. The van der Waals surface area contributed by atoms with Crippen molar-refractivity contribution in [2.45, 2.75) is 65.3 Å². The van der Waals surface area contributed by atoms with Crippen molar-refractivity contribution < 1.29 is 0 Å². The molecule has 21 heavy (non-hydrogen) atoms. The molecular formula is C18H33N3. The molecule has 1 aliphatic carbocycles. The molecule has 120 valence electrons. The Morgan fingerprint density at radius 3 is 2.33 bits per heavy atom. The van der Waals surface area contributed by atoms with E-state index in [1.807, 2.05) is 0 Å². The topological polar surface area (TPSA) is 29.9 Å². The summed E-state index contributed by atoms with van der Waals surface area (Å²) < 4.78 is 2.07. The van der Waals surface area contributed by atoms with Gasteiger partial charge in [-0.1, -0.05) is 20.8 Å². The van der Waals surface area contributed by atoms with Crippen LogP contribution in [0.5, 0.6) is 0 Å². The third kappa shape index (κ3) is 4.09. The lowest BCUT2D eigenvalue weighted by Crippen LogP contribution is -2.38. The summed E-state index contributed by atoms with van der Waals surface area (Å²) >= 11 is 0. The van der Waals surface area contributed by atoms with E-state index < -0.39 is 0 Å². The van der Waals surface area contributed by atoms with Gasteiger partial charge in [0.15, 0.2) is 0 Å². The van der Waals surface area contributed by atoms with Gasteiger partial charge in [0.05, 0.1) is 5.69 Å². The van der Waals surface area contributed by atoms with Gasteiger partial charge in [-0.25, -0.2) is 0 Å². The summed E-state index contributed by atoms with van der Waals surface area (Å²) in [5.74, 6) is 2.62. The Morgan fingerprint density at radius 1 is 1.24 bits per heavy atom. The molecule has 0 spiro atoms. The van der Waals surface area contributed by atoms with Crippen LogP contribution in [-0.2, 0) is 19.9 Å². The summed E-state index contributed by atoms with van der Waals surface area (Å²) in [6, 6.07) is 2.88. The summed E-state index contributed by atoms with van der Waals surface area (Å²) in [6.07, 6.45) is 7.71. The first-order chi connectivity index (χ1) is 10.0. The normalized spacial score (nSPS) is 24.5. The van der Waals surface area contributed by atoms with Crippen molar-refractivity contribution in [1.82, 2.24) is 15.1 Å². The van der Waals surface area contributed by atoms with Gasteiger partial charge in [0, 0.05) is 25.2 Å². The number of hydrogen-bond acceptors (Lipinski definition) is 2. The molecule has 0 aromatic carbocycles. The van der Waals surface area contributed by atoms with E-state index in [9.17, 15) is 0 Å². The number of aryl methyl sites for hydroxylation is 2. The Morgan fingerprint density at radius 2 is 1.86 bits per heavy atom. The molecule has 0 saturated heterocycles. The van der Waals surface area contributed by atoms with Gasteiger partial charge >= 0.3 is 0 Å². The lowest BCUT2D eigenvalue weighted by molar-refractivity contribution is 0.190. The predicted octanol–water partition coefficient (Wildman–Crippen LogP) is 3.58. The molecular weight excluding hydrogens is 258 g/mol. The van der Waals surface area contributed by atoms with Gasteiger partial charge in [-0.2, -0.15) is 5.10 Å². The molecule has 2 rings (SSSR count). The SMILES string of the molecule is CCc1cc(CC(NC)C2CCC(C(C)C)CC2)n(C)n1. The largest absolute Gasteiger partial charge is 0.316 e. The van der Waals surface area contributed by atoms with Crippen LogP contribution in [0, 0.1) is 17.8 Å². The molecule has 3 heteroatoms. The van der Waals surface area contributed by atoms with Gasteiger partial charge in [-0.3, -0.25) is 4.68 Å². The fraction of sp³-hybridized carbons (Fsp3) is 0.833. The Balaban J connectivity index is 1.95. The zero-order chi connectivity index (χ0) is 15.4. The van der Waals surface area contributed by atoms with Gasteiger partial charge in [-0.05, 0) is 63.0 Å². The minimum absolute atomic E-state index is 0.596. The fourth-order valence-corrected chi connectivity index (χ4v) is 3.88. The highest BCUT2D eigenvalue weighted by Gasteiger charge is 2.28. The molecule has 1 heterocycles. The summed E-state index contributed by atoms with van der Waals surface area (Å²) in [5, 5.41) is 8.16. The van der Waals surface area contributed by atoms with Crippen LogP contribution >= 0.6 is 0 Å². The molecule has 0 amide bonds. The van der Waals surface area contributed by atoms with Gasteiger partial charge in [0.1, 0.15) is 0 Å². The van der Waals surface area contributed by atoms with Gasteiger partial charge in [0.2, 0.25) is 0 Å². The Hall–Kier alpha value is -0.830. The average molecular weight is 291 g/mol. The molecule has 1 saturated carbocycles. The predicted molar refractivity (Wildman–Crippen MR) is 89.4 cm³/mol. The molecule has 0 radical (unpaired) electrons. The third-order valence-corrected chi connectivity index (χ3v) is 5.52. The molecule has 0 bridgehead atoms. The highest BCUT2D eigenvalue weighted by molar-refractivity contribution is 5.12. The maximum atomic E-state index is 4.59. The van der Waals surface area contributed by atoms with E-state index in [4.69, 9.17) is 0 Å². The molecule has 1 atom stereocenters. The van der Waals surface area contributed by atoms with E-state index in [0.717, 1.165) is 30.6 Å². The minimum Gasteiger partial charge on any atom is -0.316 e. The first kappa shape index (κ1) is 16.5. The number of aromatic nitrogens is 2. The van der Waals surface area contributed by atoms with Crippen molar-refractivity contribution >= 4 is 0 Å². The lowest BCUT2D eigenvalue weighted by Gasteiger charge is -2.35. The molecule has 1 aromatic rings. The highest BCUT2D eigenvalue weighted by Crippen LogP contribution is 2.35. The molecule has 1 unspecified atom stereocenters. The zero-order valence-electron chi connectivity index (χ0n) is 14.5. The number of nitrogens with one attached hydrogen (secondary N) is 1. The van der Waals surface area contributed by atoms with Crippen LogP contribution in [-0.4, -0.2) is 22.9 Å². The van der Waals surface area contributed by atoms with E-state index in [1.54, 1.807) is 0 Å². The van der Waals surface area contributed by atoms with Crippen molar-refractivity contribution in [3.63, 3.8) is 0 Å². The lowest BCUT2D eigenvalue weighted by atomic mass is 9.74. The van der Waals surface area contributed by atoms with Crippen molar-refractivity contribution in [2.24, 2.45) is 24.8 Å². The number of nitrogens with zero attached hydrogens (tertiary/aromatic N) is 2. The standard InChI is InChI=1S/C18H33N3/c1-6-16-11-17(21(5)20-16)12-18(19-4)15-9-7-14(8-10-15)13(2)3/h11,13-15,18-19H,6-10,12H2,1-5H3. The molecule has 3 nitrogen and oxygen atoms in total. The number of likely N-dealkylation sites (N-methyl/N-ethyl adjacent to an activating group) is 1. The second-order valence-electron chi connectivity index (χ2n) is 7.12. The van der Waals surface area contributed by atoms with E-state index in [1.165, 1.54) is 37.1 Å². The van der Waals surface area contributed by atoms with Crippen molar-refractivity contribution in [2.75, 3.05) is 7.05 Å². The van der Waals surface area contributed by atoms with Crippen LogP contribution in [0.15, 0.2) is 6.07 Å². The van der Waals surface area contributed by atoms with Crippen molar-refractivity contribution in [3.8, 4) is 0 Å². The van der Waals surface area contributed by atoms with Gasteiger partial charge < -0.3 is 5.32 Å². The first-order valence-electron chi connectivity index (χ1n) is 8.74. The molecule has 1 aromatic heterocycles.